The minimum absolute atomic E-state index is 0.336. The zero-order valence-electron chi connectivity index (χ0n) is 8.47. The lowest BCUT2D eigenvalue weighted by atomic mass is 10.0. The predicted octanol–water partition coefficient (Wildman–Crippen LogP) is 3.85. The highest BCUT2D eigenvalue weighted by atomic mass is 79.9. The van der Waals surface area contributed by atoms with Crippen LogP contribution >= 0.6 is 15.9 Å². The van der Waals surface area contributed by atoms with E-state index in [2.05, 4.69) is 25.8 Å². The molecule has 0 amide bonds. The molecule has 0 N–H and O–H groups in total. The van der Waals surface area contributed by atoms with Gasteiger partial charge in [-0.05, 0) is 28.1 Å². The first-order chi connectivity index (χ1) is 7.83. The summed E-state index contributed by atoms with van der Waals surface area (Å²) in [7, 11) is 0. The fraction of sp³-hybridized carbons (Fsp3) is 0.0769. The maximum absolute atomic E-state index is 7.30. The van der Waals surface area contributed by atoms with E-state index in [4.69, 9.17) is 6.57 Å². The molecule has 1 heterocycles. The van der Waals surface area contributed by atoms with Crippen LogP contribution in [0.25, 0.3) is 4.85 Å². The highest BCUT2D eigenvalue weighted by molar-refractivity contribution is 9.10. The van der Waals surface area contributed by atoms with Crippen molar-refractivity contribution in [3.8, 4) is 0 Å². The number of halogens is 1. The van der Waals surface area contributed by atoms with Gasteiger partial charge in [0.2, 0.25) is 0 Å². The highest BCUT2D eigenvalue weighted by Gasteiger charge is 2.22. The van der Waals surface area contributed by atoms with E-state index in [0.717, 1.165) is 15.7 Å². The summed E-state index contributed by atoms with van der Waals surface area (Å²) in [6.45, 7) is 7.30. The second-order valence-corrected chi connectivity index (χ2v) is 4.17. The Balaban J connectivity index is 2.47. The average molecular weight is 273 g/mol. The van der Waals surface area contributed by atoms with Gasteiger partial charge in [0.1, 0.15) is 5.69 Å². The molecule has 0 saturated heterocycles. The van der Waals surface area contributed by atoms with Crippen LogP contribution in [0, 0.1) is 6.57 Å². The van der Waals surface area contributed by atoms with Crippen LogP contribution in [0.5, 0.6) is 0 Å². The molecule has 78 valence electrons. The Morgan fingerprint density at radius 2 is 1.88 bits per heavy atom. The van der Waals surface area contributed by atoms with Gasteiger partial charge in [0.05, 0.1) is 0 Å². The lowest BCUT2D eigenvalue weighted by molar-refractivity contribution is 0.940. The minimum Gasteiger partial charge on any atom is -0.301 e. The van der Waals surface area contributed by atoms with Gasteiger partial charge in [-0.15, -0.1) is 0 Å². The van der Waals surface area contributed by atoms with Crippen molar-refractivity contribution in [2.45, 2.75) is 6.04 Å². The predicted molar refractivity (Wildman–Crippen MR) is 66.8 cm³/mol. The number of rotatable bonds is 2. The lowest BCUT2D eigenvalue weighted by Gasteiger charge is -2.06. The number of hydrogen-bond acceptors (Lipinski definition) is 1. The van der Waals surface area contributed by atoms with Crippen LogP contribution in [0.15, 0.2) is 53.1 Å². The monoisotopic (exact) mass is 272 g/mol. The zero-order chi connectivity index (χ0) is 11.4. The number of pyridine rings is 1. The molecular formula is C13H9BrN2. The Bertz CT molecular complexity index is 517. The molecule has 1 unspecified atom stereocenters. The summed E-state index contributed by atoms with van der Waals surface area (Å²) < 4.78 is 0.875. The summed E-state index contributed by atoms with van der Waals surface area (Å²) >= 11 is 3.43. The standard InChI is InChI=1S/C13H9BrN2/c1-15-12(10-6-3-2-4-7-10)13-11(14)8-5-9-16-13/h2-9,12H. The minimum atomic E-state index is -0.336. The summed E-state index contributed by atoms with van der Waals surface area (Å²) in [5, 5.41) is 0. The Labute approximate surface area is 103 Å². The van der Waals surface area contributed by atoms with Crippen molar-refractivity contribution in [1.29, 1.82) is 0 Å². The van der Waals surface area contributed by atoms with E-state index in [1.54, 1.807) is 6.20 Å². The van der Waals surface area contributed by atoms with Gasteiger partial charge in [-0.2, -0.15) is 0 Å². The molecule has 0 saturated carbocycles. The summed E-state index contributed by atoms with van der Waals surface area (Å²) in [6, 6.07) is 13.1. The van der Waals surface area contributed by atoms with Gasteiger partial charge in [-0.25, -0.2) is 6.57 Å². The third kappa shape index (κ3) is 2.12. The van der Waals surface area contributed by atoms with Crippen molar-refractivity contribution in [3.63, 3.8) is 0 Å². The maximum atomic E-state index is 7.30. The number of aromatic nitrogens is 1. The fourth-order valence-corrected chi connectivity index (χ4v) is 2.00. The molecule has 1 atom stereocenters. The fourth-order valence-electron chi connectivity index (χ4n) is 1.53. The molecule has 2 nitrogen and oxygen atoms in total. The van der Waals surface area contributed by atoms with Crippen molar-refractivity contribution in [3.05, 3.63) is 75.8 Å². The van der Waals surface area contributed by atoms with Crippen LogP contribution in [0.2, 0.25) is 0 Å². The van der Waals surface area contributed by atoms with Crippen molar-refractivity contribution in [2.75, 3.05) is 0 Å². The molecule has 1 aromatic heterocycles. The molecule has 1 aromatic carbocycles. The number of nitrogens with zero attached hydrogens (tertiary/aromatic N) is 2. The van der Waals surface area contributed by atoms with E-state index >= 15 is 0 Å². The van der Waals surface area contributed by atoms with Gasteiger partial charge in [-0.3, -0.25) is 4.98 Å². The molecule has 0 aliphatic carbocycles. The van der Waals surface area contributed by atoms with Crippen molar-refractivity contribution in [2.24, 2.45) is 0 Å². The molecule has 0 spiro atoms. The Morgan fingerprint density at radius 3 is 2.50 bits per heavy atom. The molecule has 16 heavy (non-hydrogen) atoms. The van der Waals surface area contributed by atoms with Crippen LogP contribution in [0.4, 0.5) is 0 Å². The van der Waals surface area contributed by atoms with E-state index < -0.39 is 0 Å². The molecule has 2 rings (SSSR count). The summed E-state index contributed by atoms with van der Waals surface area (Å²) in [5.74, 6) is 0. The molecule has 2 aromatic rings. The normalized spacial score (nSPS) is 11.8. The molecular weight excluding hydrogens is 264 g/mol. The Kier molecular flexibility index (Phi) is 3.33. The van der Waals surface area contributed by atoms with Crippen LogP contribution < -0.4 is 0 Å². The first-order valence-corrected chi connectivity index (χ1v) is 5.64. The third-order valence-corrected chi connectivity index (χ3v) is 2.96. The van der Waals surface area contributed by atoms with Gasteiger partial charge < -0.3 is 4.85 Å². The Hall–Kier alpha value is -1.66. The zero-order valence-corrected chi connectivity index (χ0v) is 10.1. The molecule has 0 radical (unpaired) electrons. The molecule has 0 bridgehead atoms. The second kappa shape index (κ2) is 4.91. The number of benzene rings is 1. The maximum Gasteiger partial charge on any atom is 0.291 e. The molecule has 0 aliphatic rings. The molecule has 0 fully saturated rings. The van der Waals surface area contributed by atoms with Gasteiger partial charge >= 0.3 is 0 Å². The van der Waals surface area contributed by atoms with Gasteiger partial charge in [-0.1, -0.05) is 30.3 Å². The van der Waals surface area contributed by atoms with E-state index in [1.165, 1.54) is 0 Å². The van der Waals surface area contributed by atoms with Crippen molar-refractivity contribution < 1.29 is 0 Å². The first kappa shape index (κ1) is 10.8. The summed E-state index contributed by atoms with van der Waals surface area (Å²) in [5.41, 5.74) is 1.74. The van der Waals surface area contributed by atoms with Crippen molar-refractivity contribution in [1.82, 2.24) is 4.98 Å². The van der Waals surface area contributed by atoms with E-state index in [0.29, 0.717) is 0 Å². The van der Waals surface area contributed by atoms with Crippen LogP contribution in [0.3, 0.4) is 0 Å². The smallest absolute Gasteiger partial charge is 0.291 e. The summed E-state index contributed by atoms with van der Waals surface area (Å²) in [6.07, 6.45) is 1.71. The highest BCUT2D eigenvalue weighted by Crippen LogP contribution is 2.29. The van der Waals surface area contributed by atoms with Crippen LogP contribution in [-0.4, -0.2) is 4.98 Å². The van der Waals surface area contributed by atoms with E-state index in [1.807, 2.05) is 42.5 Å². The number of hydrogen-bond donors (Lipinski definition) is 0. The quantitative estimate of drug-likeness (QED) is 0.759. The largest absolute Gasteiger partial charge is 0.301 e. The van der Waals surface area contributed by atoms with Gasteiger partial charge in [0.25, 0.3) is 6.04 Å². The SMILES string of the molecule is [C-]#[N+]C(c1ccccc1)c1ncccc1Br. The van der Waals surface area contributed by atoms with E-state index in [-0.39, 0.29) is 6.04 Å². The first-order valence-electron chi connectivity index (χ1n) is 4.85. The molecule has 0 aliphatic heterocycles. The second-order valence-electron chi connectivity index (χ2n) is 3.31. The van der Waals surface area contributed by atoms with E-state index in [9.17, 15) is 0 Å². The van der Waals surface area contributed by atoms with Gasteiger partial charge in [0.15, 0.2) is 0 Å². The Morgan fingerprint density at radius 1 is 1.12 bits per heavy atom. The average Bonchev–Trinajstić information content (AvgIpc) is 2.34. The van der Waals surface area contributed by atoms with Crippen molar-refractivity contribution >= 4 is 15.9 Å². The van der Waals surface area contributed by atoms with Crippen LogP contribution in [0.1, 0.15) is 17.3 Å². The van der Waals surface area contributed by atoms with Gasteiger partial charge in [0, 0.05) is 16.2 Å². The van der Waals surface area contributed by atoms with Crippen LogP contribution in [-0.2, 0) is 0 Å². The third-order valence-electron chi connectivity index (χ3n) is 2.29. The molecule has 3 heteroatoms. The topological polar surface area (TPSA) is 17.2 Å². The summed E-state index contributed by atoms with van der Waals surface area (Å²) in [4.78, 5) is 7.91. The lowest BCUT2D eigenvalue weighted by Crippen LogP contribution is -1.99.